The number of hydrogen-bond acceptors (Lipinski definition) is 2. The number of anilines is 1. The normalized spacial score (nSPS) is 11.3. The Morgan fingerprint density at radius 2 is 1.73 bits per heavy atom. The fourth-order valence-corrected chi connectivity index (χ4v) is 1.30. The third-order valence-electron chi connectivity index (χ3n) is 1.90. The molecule has 0 bridgehead atoms. The molecule has 0 aliphatic heterocycles. The Hall–Kier alpha value is -0.970. The highest BCUT2D eigenvalue weighted by molar-refractivity contribution is 9.10. The summed E-state index contributed by atoms with van der Waals surface area (Å²) < 4.78 is 25.2. The summed E-state index contributed by atoms with van der Waals surface area (Å²) in [6.07, 6.45) is 0. The molecule has 2 nitrogen and oxygen atoms in total. The van der Waals surface area contributed by atoms with E-state index in [0.29, 0.717) is 0 Å². The van der Waals surface area contributed by atoms with Gasteiger partial charge in [-0.3, -0.25) is 4.79 Å². The Kier molecular flexibility index (Phi) is 3.44. The molecule has 0 fully saturated rings. The van der Waals surface area contributed by atoms with Crippen molar-refractivity contribution in [2.24, 2.45) is 0 Å². The lowest BCUT2D eigenvalue weighted by Crippen LogP contribution is -2.20. The molecule has 82 valence electrons. The predicted molar refractivity (Wildman–Crippen MR) is 59.0 cm³/mol. The molecule has 0 aliphatic rings. The summed E-state index contributed by atoms with van der Waals surface area (Å²) in [4.78, 5) is 9.46. The summed E-state index contributed by atoms with van der Waals surface area (Å²) in [5.41, 5.74) is 0.840. The van der Waals surface area contributed by atoms with E-state index >= 15 is 0 Å². The average molecular weight is 278 g/mol. The minimum absolute atomic E-state index is 0.0116. The van der Waals surface area contributed by atoms with Gasteiger partial charge in [0.1, 0.15) is 0 Å². The molecule has 0 saturated heterocycles. The highest BCUT2D eigenvalue weighted by Crippen LogP contribution is 2.27. The van der Waals surface area contributed by atoms with Crippen LogP contribution in [0, 0.1) is 0 Å². The molecule has 5 heteroatoms. The first-order chi connectivity index (χ1) is 6.82. The minimum atomic E-state index is -3.49. The fourth-order valence-electron chi connectivity index (χ4n) is 1.07. The number of nitrogens with zero attached hydrogens (tertiary/aromatic N) is 1. The summed E-state index contributed by atoms with van der Waals surface area (Å²) >= 11 is 2.03. The number of Topliss-reactive ketones (excluding diaryl/α,β-unsaturated/α-hetero) is 1. The average Bonchev–Trinajstić information content (AvgIpc) is 2.15. The van der Waals surface area contributed by atoms with Gasteiger partial charge in [-0.05, 0) is 40.2 Å². The number of rotatable bonds is 3. The van der Waals surface area contributed by atoms with Gasteiger partial charge in [0.2, 0.25) is 5.78 Å². The van der Waals surface area contributed by atoms with Crippen molar-refractivity contribution >= 4 is 27.4 Å². The molecule has 1 rings (SSSR count). The van der Waals surface area contributed by atoms with E-state index in [0.717, 1.165) is 5.69 Å². The van der Waals surface area contributed by atoms with Gasteiger partial charge in [0.15, 0.2) is 0 Å². The summed E-state index contributed by atoms with van der Waals surface area (Å²) in [5.74, 6) is -1.23. The van der Waals surface area contributed by atoms with E-state index in [2.05, 4.69) is 0 Å². The van der Waals surface area contributed by atoms with Crippen molar-refractivity contribution in [3.8, 4) is 0 Å². The quantitative estimate of drug-likeness (QED) is 0.626. The molecular weight excluding hydrogens is 268 g/mol. The zero-order valence-electron chi connectivity index (χ0n) is 8.30. The van der Waals surface area contributed by atoms with E-state index in [9.17, 15) is 13.6 Å². The van der Waals surface area contributed by atoms with Crippen LogP contribution in [0.2, 0.25) is 0 Å². The van der Waals surface area contributed by atoms with Gasteiger partial charge in [0.05, 0.1) is 0 Å². The molecule has 0 heterocycles. The van der Waals surface area contributed by atoms with Crippen molar-refractivity contribution in [2.45, 2.75) is 4.83 Å². The molecule has 1 aromatic rings. The third kappa shape index (κ3) is 2.99. The summed E-state index contributed by atoms with van der Waals surface area (Å²) in [5, 5.41) is 0. The van der Waals surface area contributed by atoms with E-state index in [1.165, 1.54) is 12.1 Å². The molecule has 0 N–H and O–H groups in total. The first-order valence-corrected chi connectivity index (χ1v) is 5.00. The van der Waals surface area contributed by atoms with E-state index in [1.54, 1.807) is 12.1 Å². The topological polar surface area (TPSA) is 20.3 Å². The van der Waals surface area contributed by atoms with Crippen LogP contribution in [-0.4, -0.2) is 24.7 Å². The maximum absolute atomic E-state index is 12.6. The molecule has 0 spiro atoms. The van der Waals surface area contributed by atoms with Crippen LogP contribution in [0.15, 0.2) is 24.3 Å². The van der Waals surface area contributed by atoms with Crippen LogP contribution >= 0.6 is 15.9 Å². The molecule has 0 atom stereocenters. The lowest BCUT2D eigenvalue weighted by Gasteiger charge is -2.13. The molecule has 0 amide bonds. The SMILES string of the molecule is CN(C)c1ccc(C(=O)C(F)(F)Br)cc1. The first kappa shape index (κ1) is 12.1. The highest BCUT2D eigenvalue weighted by atomic mass is 79.9. The molecular formula is C10H10BrF2NO. The monoisotopic (exact) mass is 277 g/mol. The minimum Gasteiger partial charge on any atom is -0.378 e. The number of carbonyl (C=O) groups excluding carboxylic acids is 1. The summed E-state index contributed by atoms with van der Waals surface area (Å²) in [6, 6.07) is 6.00. The molecule has 0 radical (unpaired) electrons. The van der Waals surface area contributed by atoms with Gasteiger partial charge in [-0.1, -0.05) is 0 Å². The fraction of sp³-hybridized carbons (Fsp3) is 0.300. The molecule has 0 unspecified atom stereocenters. The molecule has 0 aromatic heterocycles. The van der Waals surface area contributed by atoms with Crippen molar-refractivity contribution in [1.82, 2.24) is 0 Å². The molecule has 15 heavy (non-hydrogen) atoms. The van der Waals surface area contributed by atoms with E-state index in [1.807, 2.05) is 34.9 Å². The first-order valence-electron chi connectivity index (χ1n) is 4.21. The van der Waals surface area contributed by atoms with Gasteiger partial charge < -0.3 is 4.90 Å². The smallest absolute Gasteiger partial charge is 0.363 e. The zero-order chi connectivity index (χ0) is 11.6. The van der Waals surface area contributed by atoms with Gasteiger partial charge in [0, 0.05) is 25.3 Å². The summed E-state index contributed by atoms with van der Waals surface area (Å²) in [6.45, 7) is 0. The second-order valence-corrected chi connectivity index (χ2v) is 4.26. The van der Waals surface area contributed by atoms with Crippen LogP contribution in [0.3, 0.4) is 0 Å². The summed E-state index contributed by atoms with van der Waals surface area (Å²) in [7, 11) is 3.66. The number of benzene rings is 1. The lowest BCUT2D eigenvalue weighted by molar-refractivity contribution is 0.0592. The van der Waals surface area contributed by atoms with Crippen LogP contribution in [0.1, 0.15) is 10.4 Å². The van der Waals surface area contributed by atoms with Gasteiger partial charge in [-0.15, -0.1) is 0 Å². The molecule has 1 aromatic carbocycles. The number of hydrogen-bond donors (Lipinski definition) is 0. The standard InChI is InChI=1S/C10H10BrF2NO/c1-14(2)8-5-3-7(4-6-8)9(15)10(11,12)13/h3-6H,1-2H3. The van der Waals surface area contributed by atoms with Gasteiger partial charge >= 0.3 is 4.83 Å². The Morgan fingerprint density at radius 3 is 2.07 bits per heavy atom. The van der Waals surface area contributed by atoms with E-state index < -0.39 is 10.6 Å². The van der Waals surface area contributed by atoms with Crippen molar-refractivity contribution < 1.29 is 13.6 Å². The van der Waals surface area contributed by atoms with Crippen LogP contribution in [-0.2, 0) is 0 Å². The largest absolute Gasteiger partial charge is 0.378 e. The number of ketones is 1. The van der Waals surface area contributed by atoms with E-state index in [-0.39, 0.29) is 5.56 Å². The third-order valence-corrected chi connectivity index (χ3v) is 2.26. The lowest BCUT2D eigenvalue weighted by atomic mass is 10.1. The van der Waals surface area contributed by atoms with Gasteiger partial charge in [-0.2, -0.15) is 8.78 Å². The Labute approximate surface area is 95.0 Å². The van der Waals surface area contributed by atoms with Crippen molar-refractivity contribution in [2.75, 3.05) is 19.0 Å². The van der Waals surface area contributed by atoms with Crippen molar-refractivity contribution in [1.29, 1.82) is 0 Å². The zero-order valence-corrected chi connectivity index (χ0v) is 9.88. The number of alkyl halides is 3. The Morgan fingerprint density at radius 1 is 1.27 bits per heavy atom. The van der Waals surface area contributed by atoms with Crippen molar-refractivity contribution in [3.63, 3.8) is 0 Å². The van der Waals surface area contributed by atoms with Gasteiger partial charge in [0.25, 0.3) is 0 Å². The maximum Gasteiger partial charge on any atom is 0.363 e. The Bertz CT molecular complexity index is 357. The predicted octanol–water partition coefficient (Wildman–Crippen LogP) is 2.92. The van der Waals surface area contributed by atoms with Crippen LogP contribution in [0.5, 0.6) is 0 Å². The molecule has 0 saturated carbocycles. The second kappa shape index (κ2) is 4.26. The second-order valence-electron chi connectivity index (χ2n) is 3.27. The molecule has 0 aliphatic carbocycles. The highest BCUT2D eigenvalue weighted by Gasteiger charge is 2.35. The van der Waals surface area contributed by atoms with E-state index in [4.69, 9.17) is 0 Å². The maximum atomic E-state index is 12.6. The van der Waals surface area contributed by atoms with Crippen LogP contribution in [0.25, 0.3) is 0 Å². The number of carbonyl (C=O) groups is 1. The van der Waals surface area contributed by atoms with Crippen LogP contribution in [0.4, 0.5) is 14.5 Å². The van der Waals surface area contributed by atoms with Crippen LogP contribution < -0.4 is 4.90 Å². The number of halogens is 3. The van der Waals surface area contributed by atoms with Crippen molar-refractivity contribution in [3.05, 3.63) is 29.8 Å². The Balaban J connectivity index is 2.95. The van der Waals surface area contributed by atoms with Gasteiger partial charge in [-0.25, -0.2) is 0 Å².